The van der Waals surface area contributed by atoms with E-state index in [1.165, 1.54) is 14.0 Å². The molecule has 1 atom stereocenters. The average Bonchev–Trinajstić information content (AvgIpc) is 2.54. The largest absolute Gasteiger partial charge is 0.495 e. The Hall–Kier alpha value is -3.16. The molecule has 1 aromatic heterocycles. The highest BCUT2D eigenvalue weighted by atomic mass is 16.6. The molecule has 2 aromatic rings. The lowest BCUT2D eigenvalue weighted by Gasteiger charge is -2.16. The molecule has 120 valence electrons. The van der Waals surface area contributed by atoms with Gasteiger partial charge in [-0.25, -0.2) is 0 Å². The number of benzene rings is 1. The van der Waals surface area contributed by atoms with Crippen LogP contribution in [-0.4, -0.2) is 22.5 Å². The van der Waals surface area contributed by atoms with Crippen LogP contribution in [-0.2, 0) is 4.79 Å². The fraction of sp³-hybridized carbons (Fsp3) is 0.200. The summed E-state index contributed by atoms with van der Waals surface area (Å²) >= 11 is 0. The fourth-order valence-corrected chi connectivity index (χ4v) is 2.01. The normalized spacial score (nSPS) is 11.6. The number of carbonyl (C=O) groups is 1. The Morgan fingerprint density at radius 3 is 2.65 bits per heavy atom. The Labute approximate surface area is 131 Å². The van der Waals surface area contributed by atoms with Crippen LogP contribution in [0.5, 0.6) is 5.75 Å². The van der Waals surface area contributed by atoms with Crippen LogP contribution in [0.2, 0.25) is 0 Å². The molecule has 0 spiro atoms. The maximum Gasteiger partial charge on any atom is 0.285 e. The molecule has 2 rings (SSSR count). The molecule has 0 aliphatic rings. The minimum absolute atomic E-state index is 0.262. The summed E-state index contributed by atoms with van der Waals surface area (Å²) in [6.07, 6.45) is 1.05. The van der Waals surface area contributed by atoms with Crippen LogP contribution >= 0.6 is 0 Å². The molecule has 8 nitrogen and oxygen atoms in total. The summed E-state index contributed by atoms with van der Waals surface area (Å²) in [7, 11) is 1.47. The number of nitrogens with zero attached hydrogens (tertiary/aromatic N) is 2. The van der Waals surface area contributed by atoms with Gasteiger partial charge in [-0.2, -0.15) is 0 Å². The predicted octanol–water partition coefficient (Wildman–Crippen LogP) is 1.96. The third kappa shape index (κ3) is 3.54. The van der Waals surface area contributed by atoms with Crippen LogP contribution < -0.4 is 15.6 Å². The van der Waals surface area contributed by atoms with E-state index in [0.717, 1.165) is 22.9 Å². The monoisotopic (exact) mass is 317 g/mol. The van der Waals surface area contributed by atoms with Gasteiger partial charge in [0.15, 0.2) is 0 Å². The van der Waals surface area contributed by atoms with Gasteiger partial charge >= 0.3 is 0 Å². The lowest BCUT2D eigenvalue weighted by molar-refractivity contribution is -0.385. The summed E-state index contributed by atoms with van der Waals surface area (Å²) in [5.41, 5.74) is -0.315. The van der Waals surface area contributed by atoms with Crippen molar-refractivity contribution in [2.45, 2.75) is 13.0 Å². The maximum atomic E-state index is 12.3. The second-order valence-corrected chi connectivity index (χ2v) is 4.76. The highest BCUT2D eigenvalue weighted by Crippen LogP contribution is 2.24. The molecule has 0 saturated carbocycles. The first-order valence-corrected chi connectivity index (χ1v) is 6.74. The Kier molecular flexibility index (Phi) is 4.75. The molecular formula is C15H15N3O5. The van der Waals surface area contributed by atoms with Gasteiger partial charge in [0.1, 0.15) is 11.8 Å². The van der Waals surface area contributed by atoms with Gasteiger partial charge in [0.05, 0.1) is 23.9 Å². The third-order valence-electron chi connectivity index (χ3n) is 3.29. The molecule has 0 saturated heterocycles. The van der Waals surface area contributed by atoms with E-state index in [1.807, 2.05) is 0 Å². The Balaban J connectivity index is 2.28. The molecule has 0 aliphatic heterocycles. The Morgan fingerprint density at radius 1 is 1.30 bits per heavy atom. The summed E-state index contributed by atoms with van der Waals surface area (Å²) in [5.74, 6) is -0.0171. The van der Waals surface area contributed by atoms with Crippen LogP contribution in [0.4, 0.5) is 11.4 Å². The Bertz CT molecular complexity index is 800. The van der Waals surface area contributed by atoms with Crippen LogP contribution in [0.1, 0.15) is 13.0 Å². The summed E-state index contributed by atoms with van der Waals surface area (Å²) in [6, 6.07) is 8.05. The number of nitro groups is 1. The van der Waals surface area contributed by atoms with E-state index in [4.69, 9.17) is 4.74 Å². The van der Waals surface area contributed by atoms with Crippen molar-refractivity contribution in [3.05, 3.63) is 63.1 Å². The van der Waals surface area contributed by atoms with Gasteiger partial charge in [-0.3, -0.25) is 24.3 Å². The summed E-state index contributed by atoms with van der Waals surface area (Å²) in [5, 5.41) is 13.4. The number of hydrogen-bond acceptors (Lipinski definition) is 5. The first-order valence-electron chi connectivity index (χ1n) is 6.74. The van der Waals surface area contributed by atoms with Crippen molar-refractivity contribution >= 4 is 17.3 Å². The number of para-hydroxylation sites is 2. The number of aromatic nitrogens is 1. The summed E-state index contributed by atoms with van der Waals surface area (Å²) < 4.78 is 6.15. The van der Waals surface area contributed by atoms with Crippen molar-refractivity contribution in [1.82, 2.24) is 4.57 Å². The van der Waals surface area contributed by atoms with E-state index >= 15 is 0 Å². The highest BCUT2D eigenvalue weighted by molar-refractivity contribution is 5.94. The van der Waals surface area contributed by atoms with Gasteiger partial charge in [-0.1, -0.05) is 12.1 Å². The van der Waals surface area contributed by atoms with Crippen molar-refractivity contribution in [3.8, 4) is 5.75 Å². The van der Waals surface area contributed by atoms with Crippen LogP contribution in [0.15, 0.2) is 47.4 Å². The topological polar surface area (TPSA) is 103 Å². The van der Waals surface area contributed by atoms with Gasteiger partial charge in [-0.15, -0.1) is 0 Å². The first kappa shape index (κ1) is 16.2. The molecule has 0 radical (unpaired) electrons. The van der Waals surface area contributed by atoms with Crippen molar-refractivity contribution in [2.24, 2.45) is 0 Å². The molecular weight excluding hydrogens is 302 g/mol. The number of pyridine rings is 1. The zero-order valence-electron chi connectivity index (χ0n) is 12.6. The molecule has 1 aromatic carbocycles. The van der Waals surface area contributed by atoms with E-state index < -0.39 is 22.4 Å². The van der Waals surface area contributed by atoms with Crippen molar-refractivity contribution in [3.63, 3.8) is 0 Å². The zero-order chi connectivity index (χ0) is 17.0. The molecule has 0 unspecified atom stereocenters. The number of rotatable bonds is 5. The minimum Gasteiger partial charge on any atom is -0.495 e. The molecule has 8 heteroatoms. The van der Waals surface area contributed by atoms with E-state index in [-0.39, 0.29) is 5.69 Å². The SMILES string of the molecule is COc1ccccc1NC(=O)[C@@H](C)n1cc([N+](=O)[O-])ccc1=O. The molecule has 0 bridgehead atoms. The number of carbonyl (C=O) groups excluding carboxylic acids is 1. The minimum atomic E-state index is -0.924. The fourth-order valence-electron chi connectivity index (χ4n) is 2.01. The number of methoxy groups -OCH3 is 1. The van der Waals surface area contributed by atoms with Gasteiger partial charge in [0, 0.05) is 12.1 Å². The molecule has 0 fully saturated rings. The number of hydrogen-bond donors (Lipinski definition) is 1. The van der Waals surface area contributed by atoms with E-state index in [1.54, 1.807) is 24.3 Å². The van der Waals surface area contributed by atoms with Gasteiger partial charge in [0.2, 0.25) is 5.91 Å². The van der Waals surface area contributed by atoms with E-state index in [9.17, 15) is 19.7 Å². The van der Waals surface area contributed by atoms with Crippen LogP contribution in [0, 0.1) is 10.1 Å². The standard InChI is InChI=1S/C15H15N3O5/c1-10(17-9-11(18(21)22)7-8-14(17)19)15(20)16-12-5-3-4-6-13(12)23-2/h3-10H,1-2H3,(H,16,20)/t10-/m1/s1. The van der Waals surface area contributed by atoms with Gasteiger partial charge < -0.3 is 10.1 Å². The van der Waals surface area contributed by atoms with Crippen molar-refractivity contribution < 1.29 is 14.5 Å². The number of ether oxygens (including phenoxy) is 1. The third-order valence-corrected chi connectivity index (χ3v) is 3.29. The van der Waals surface area contributed by atoms with Crippen LogP contribution in [0.3, 0.4) is 0 Å². The lowest BCUT2D eigenvalue weighted by atomic mass is 10.2. The number of amides is 1. The average molecular weight is 317 g/mol. The quantitative estimate of drug-likeness (QED) is 0.670. The zero-order valence-corrected chi connectivity index (χ0v) is 12.6. The summed E-state index contributed by atoms with van der Waals surface area (Å²) in [6.45, 7) is 1.48. The highest BCUT2D eigenvalue weighted by Gasteiger charge is 2.19. The molecule has 1 heterocycles. The number of anilines is 1. The second kappa shape index (κ2) is 6.73. The predicted molar refractivity (Wildman–Crippen MR) is 83.7 cm³/mol. The smallest absolute Gasteiger partial charge is 0.285 e. The number of nitrogens with one attached hydrogen (secondary N) is 1. The second-order valence-electron chi connectivity index (χ2n) is 4.76. The van der Waals surface area contributed by atoms with Crippen molar-refractivity contribution in [1.29, 1.82) is 0 Å². The van der Waals surface area contributed by atoms with Crippen LogP contribution in [0.25, 0.3) is 0 Å². The maximum absolute atomic E-state index is 12.3. The summed E-state index contributed by atoms with van der Waals surface area (Å²) in [4.78, 5) is 34.3. The molecule has 1 amide bonds. The first-order chi connectivity index (χ1) is 10.9. The molecule has 0 aliphatic carbocycles. The molecule has 1 N–H and O–H groups in total. The van der Waals surface area contributed by atoms with E-state index in [2.05, 4.69) is 5.32 Å². The Morgan fingerprint density at radius 2 is 2.00 bits per heavy atom. The lowest BCUT2D eigenvalue weighted by Crippen LogP contribution is -2.31. The molecule has 23 heavy (non-hydrogen) atoms. The van der Waals surface area contributed by atoms with Gasteiger partial charge in [-0.05, 0) is 19.1 Å². The van der Waals surface area contributed by atoms with Gasteiger partial charge in [0.25, 0.3) is 11.2 Å². The van der Waals surface area contributed by atoms with Crippen molar-refractivity contribution in [2.75, 3.05) is 12.4 Å². The van der Waals surface area contributed by atoms with E-state index in [0.29, 0.717) is 11.4 Å².